The maximum absolute atomic E-state index is 13.3. The van der Waals surface area contributed by atoms with E-state index in [0.717, 1.165) is 12.8 Å². The van der Waals surface area contributed by atoms with E-state index < -0.39 is 21.3 Å². The van der Waals surface area contributed by atoms with Crippen molar-refractivity contribution >= 4 is 15.9 Å². The van der Waals surface area contributed by atoms with Gasteiger partial charge in [0.15, 0.2) is 0 Å². The number of nitrogens with one attached hydrogen (secondary N) is 1. The SMILES string of the molecule is COc1cc(C(=O)NC(C)(C)C)ccc1S(=O)(=O)n1nc(C(C)C)n(C2CC2)c1=O. The minimum atomic E-state index is -4.32. The van der Waals surface area contributed by atoms with Crippen molar-refractivity contribution in [3.8, 4) is 5.75 Å². The lowest BCUT2D eigenvalue weighted by Crippen LogP contribution is -2.40. The number of benzene rings is 1. The molecule has 1 saturated carbocycles. The minimum absolute atomic E-state index is 0.00999. The highest BCUT2D eigenvalue weighted by Gasteiger charge is 2.35. The fraction of sp³-hybridized carbons (Fsp3) is 0.550. The van der Waals surface area contributed by atoms with Crippen LogP contribution in [0.1, 0.15) is 75.6 Å². The predicted molar refractivity (Wildman–Crippen MR) is 112 cm³/mol. The van der Waals surface area contributed by atoms with E-state index >= 15 is 0 Å². The molecule has 0 atom stereocenters. The van der Waals surface area contributed by atoms with Crippen molar-refractivity contribution in [3.63, 3.8) is 0 Å². The second kappa shape index (κ2) is 7.57. The molecule has 1 aliphatic carbocycles. The first kappa shape index (κ1) is 22.1. The van der Waals surface area contributed by atoms with Crippen LogP contribution in [-0.4, -0.2) is 40.7 Å². The fourth-order valence-electron chi connectivity index (χ4n) is 3.13. The number of hydrogen-bond donors (Lipinski definition) is 1. The maximum Gasteiger partial charge on any atom is 0.361 e. The second-order valence-corrected chi connectivity index (χ2v) is 10.6. The van der Waals surface area contributed by atoms with Gasteiger partial charge in [0.1, 0.15) is 16.5 Å². The van der Waals surface area contributed by atoms with Crippen LogP contribution in [-0.2, 0) is 10.0 Å². The molecular formula is C20H28N4O5S. The van der Waals surface area contributed by atoms with E-state index in [-0.39, 0.29) is 34.1 Å². The molecule has 2 aromatic rings. The monoisotopic (exact) mass is 436 g/mol. The Balaban J connectivity index is 2.08. The number of methoxy groups -OCH3 is 1. The largest absolute Gasteiger partial charge is 0.495 e. The zero-order chi connectivity index (χ0) is 22.4. The minimum Gasteiger partial charge on any atom is -0.495 e. The van der Waals surface area contributed by atoms with Crippen molar-refractivity contribution in [3.05, 3.63) is 40.1 Å². The molecule has 3 rings (SSSR count). The Morgan fingerprint density at radius 2 is 1.90 bits per heavy atom. The molecule has 1 heterocycles. The third-order valence-electron chi connectivity index (χ3n) is 4.66. The van der Waals surface area contributed by atoms with Crippen molar-refractivity contribution in [2.45, 2.75) is 69.9 Å². The van der Waals surface area contributed by atoms with Gasteiger partial charge in [0.2, 0.25) is 0 Å². The van der Waals surface area contributed by atoms with E-state index in [1.54, 1.807) is 0 Å². The van der Waals surface area contributed by atoms with Gasteiger partial charge in [-0.15, -0.1) is 5.10 Å². The molecule has 1 aliphatic rings. The summed E-state index contributed by atoms with van der Waals surface area (Å²) in [4.78, 5) is 25.1. The predicted octanol–water partition coefficient (Wildman–Crippen LogP) is 2.28. The van der Waals surface area contributed by atoms with Crippen LogP contribution in [0.2, 0.25) is 0 Å². The van der Waals surface area contributed by atoms with Crippen LogP contribution in [0.5, 0.6) is 5.75 Å². The van der Waals surface area contributed by atoms with Crippen molar-refractivity contribution < 1.29 is 17.9 Å². The number of carbonyl (C=O) groups is 1. The Bertz CT molecular complexity index is 1130. The zero-order valence-corrected chi connectivity index (χ0v) is 18.9. The van der Waals surface area contributed by atoms with Crippen LogP contribution in [0.4, 0.5) is 0 Å². The van der Waals surface area contributed by atoms with Gasteiger partial charge in [0.05, 0.1) is 7.11 Å². The molecule has 1 N–H and O–H groups in total. The molecular weight excluding hydrogens is 408 g/mol. The molecule has 0 radical (unpaired) electrons. The van der Waals surface area contributed by atoms with Crippen molar-refractivity contribution in [2.75, 3.05) is 7.11 Å². The van der Waals surface area contributed by atoms with Crippen LogP contribution in [0.25, 0.3) is 0 Å². The first-order chi connectivity index (χ1) is 13.9. The molecule has 0 aliphatic heterocycles. The van der Waals surface area contributed by atoms with Crippen LogP contribution in [0.3, 0.4) is 0 Å². The molecule has 9 nitrogen and oxygen atoms in total. The molecule has 0 bridgehead atoms. The van der Waals surface area contributed by atoms with Gasteiger partial charge in [-0.2, -0.15) is 8.42 Å². The van der Waals surface area contributed by atoms with Gasteiger partial charge < -0.3 is 10.1 Å². The molecule has 1 fully saturated rings. The lowest BCUT2D eigenvalue weighted by molar-refractivity contribution is 0.0919. The molecule has 0 saturated heterocycles. The third kappa shape index (κ3) is 4.14. The van der Waals surface area contributed by atoms with Crippen LogP contribution in [0.15, 0.2) is 27.9 Å². The summed E-state index contributed by atoms with van der Waals surface area (Å²) in [6, 6.07) is 4.00. The van der Waals surface area contributed by atoms with Gasteiger partial charge in [-0.05, 0) is 51.8 Å². The highest BCUT2D eigenvalue weighted by molar-refractivity contribution is 7.90. The molecule has 1 aromatic carbocycles. The first-order valence-corrected chi connectivity index (χ1v) is 11.3. The standard InChI is InChI=1S/C20H28N4O5S/c1-12(2)17-22-24(19(26)23(17)14-8-9-14)30(27,28)16-10-7-13(11-15(16)29-6)18(25)21-20(3,4)5/h7,10-12,14H,8-9H2,1-6H3,(H,21,25). The average molecular weight is 437 g/mol. The number of ether oxygens (including phenoxy) is 1. The van der Waals surface area contributed by atoms with Crippen LogP contribution >= 0.6 is 0 Å². The number of nitrogens with zero attached hydrogens (tertiary/aromatic N) is 3. The summed E-state index contributed by atoms with van der Waals surface area (Å²) in [5.74, 6) is -0.0659. The maximum atomic E-state index is 13.3. The van der Waals surface area contributed by atoms with Gasteiger partial charge >= 0.3 is 5.69 Å². The van der Waals surface area contributed by atoms with Crippen molar-refractivity contribution in [1.29, 1.82) is 0 Å². The van der Waals surface area contributed by atoms with Crippen LogP contribution in [0, 0.1) is 0 Å². The normalized spacial score (nSPS) is 14.8. The number of aromatic nitrogens is 3. The Labute approximate surface area is 176 Å². The summed E-state index contributed by atoms with van der Waals surface area (Å²) < 4.78 is 33.8. The Morgan fingerprint density at radius 1 is 1.27 bits per heavy atom. The zero-order valence-electron chi connectivity index (χ0n) is 18.1. The molecule has 1 amide bonds. The van der Waals surface area contributed by atoms with E-state index in [1.807, 2.05) is 34.6 Å². The highest BCUT2D eigenvalue weighted by atomic mass is 32.2. The summed E-state index contributed by atoms with van der Waals surface area (Å²) in [6.45, 7) is 9.25. The highest BCUT2D eigenvalue weighted by Crippen LogP contribution is 2.36. The molecule has 1 aromatic heterocycles. The van der Waals surface area contributed by atoms with E-state index in [4.69, 9.17) is 4.74 Å². The fourth-order valence-corrected chi connectivity index (χ4v) is 4.44. The van der Waals surface area contributed by atoms with Gasteiger partial charge in [-0.3, -0.25) is 9.36 Å². The van der Waals surface area contributed by atoms with Gasteiger partial charge in [-0.25, -0.2) is 4.79 Å². The summed E-state index contributed by atoms with van der Waals surface area (Å²) in [6.07, 6.45) is 1.65. The molecule has 0 spiro atoms. The van der Waals surface area contributed by atoms with Gasteiger partial charge in [0.25, 0.3) is 15.9 Å². The van der Waals surface area contributed by atoms with Crippen molar-refractivity contribution in [1.82, 2.24) is 19.1 Å². The summed E-state index contributed by atoms with van der Waals surface area (Å²) >= 11 is 0. The average Bonchev–Trinajstić information content (AvgIpc) is 3.41. The van der Waals surface area contributed by atoms with Crippen molar-refractivity contribution in [2.24, 2.45) is 0 Å². The topological polar surface area (TPSA) is 112 Å². The lowest BCUT2D eigenvalue weighted by Gasteiger charge is -2.21. The van der Waals surface area contributed by atoms with E-state index in [9.17, 15) is 18.0 Å². The van der Waals surface area contributed by atoms with E-state index in [0.29, 0.717) is 9.91 Å². The molecule has 10 heteroatoms. The van der Waals surface area contributed by atoms with Crippen LogP contribution < -0.4 is 15.7 Å². The number of rotatable bonds is 6. The lowest BCUT2D eigenvalue weighted by atomic mass is 10.1. The van der Waals surface area contributed by atoms with E-state index in [2.05, 4.69) is 10.4 Å². The number of carbonyl (C=O) groups excluding carboxylic acids is 1. The third-order valence-corrected chi connectivity index (χ3v) is 6.24. The Hall–Kier alpha value is -2.62. The number of amides is 1. The Morgan fingerprint density at radius 3 is 2.40 bits per heavy atom. The summed E-state index contributed by atoms with van der Waals surface area (Å²) in [5.41, 5.74) is -0.886. The number of hydrogen-bond acceptors (Lipinski definition) is 6. The first-order valence-electron chi connectivity index (χ1n) is 9.84. The van der Waals surface area contributed by atoms with E-state index in [1.165, 1.54) is 29.9 Å². The summed E-state index contributed by atoms with van der Waals surface area (Å²) in [5, 5.41) is 6.96. The quantitative estimate of drug-likeness (QED) is 0.743. The van der Waals surface area contributed by atoms with Gasteiger partial charge in [-0.1, -0.05) is 17.9 Å². The smallest absolute Gasteiger partial charge is 0.361 e. The molecule has 0 unspecified atom stereocenters. The molecule has 30 heavy (non-hydrogen) atoms. The summed E-state index contributed by atoms with van der Waals surface area (Å²) in [7, 11) is -3.00. The molecule has 164 valence electrons. The van der Waals surface area contributed by atoms with Gasteiger partial charge in [0, 0.05) is 23.1 Å². The second-order valence-electron chi connectivity index (χ2n) is 8.81. The Kier molecular flexibility index (Phi) is 5.57.